The van der Waals surface area contributed by atoms with Gasteiger partial charge in [-0.2, -0.15) is 0 Å². The van der Waals surface area contributed by atoms with Gasteiger partial charge < -0.3 is 5.73 Å². The Morgan fingerprint density at radius 2 is 2.31 bits per heavy atom. The smallest absolute Gasteiger partial charge is 0.117 e. The Balaban J connectivity index is 2.69. The molecule has 0 unspecified atom stereocenters. The summed E-state index contributed by atoms with van der Waals surface area (Å²) in [4.78, 5) is 7.78. The molecular weight excluding hydrogens is 162 g/mol. The largest absolute Gasteiger partial charge is 0.390 e. The van der Waals surface area contributed by atoms with Crippen molar-refractivity contribution in [3.63, 3.8) is 0 Å². The first-order valence-corrected chi connectivity index (χ1v) is 4.13. The molecule has 0 fully saturated rings. The van der Waals surface area contributed by atoms with Crippen LogP contribution in [0.25, 0.3) is 0 Å². The molecule has 0 saturated carbocycles. The average molecular weight is 175 g/mol. The Bertz CT molecular complexity index is 306. The van der Waals surface area contributed by atoms with E-state index in [-0.39, 0.29) is 0 Å². The number of hydrogen-bond donors (Lipinski definition) is 1. The number of allylic oxidation sites excluding steroid dienone is 5. The zero-order valence-corrected chi connectivity index (χ0v) is 7.64. The summed E-state index contributed by atoms with van der Waals surface area (Å²) in [5.74, 6) is 0. The topological polar surface area (TPSA) is 50.7 Å². The Hall–Kier alpha value is -1.64. The highest BCUT2D eigenvalue weighted by Gasteiger charge is 1.91. The summed E-state index contributed by atoms with van der Waals surface area (Å²) in [6, 6.07) is 0. The van der Waals surface area contributed by atoms with Gasteiger partial charge in [-0.3, -0.25) is 0 Å². The summed E-state index contributed by atoms with van der Waals surface area (Å²) < 4.78 is 0. The molecule has 0 aromatic rings. The molecule has 0 heterocycles. The maximum Gasteiger partial charge on any atom is 0.117 e. The van der Waals surface area contributed by atoms with Crippen LogP contribution in [-0.4, -0.2) is 12.7 Å². The lowest BCUT2D eigenvalue weighted by Gasteiger charge is -1.86. The summed E-state index contributed by atoms with van der Waals surface area (Å²) >= 11 is 0. The second-order valence-corrected chi connectivity index (χ2v) is 2.75. The standard InChI is InChI=1S/C10H13N3/c1-9-3-2-4-10(6-5-9)13-8-12-7-11/h2,4-8H,3H2,1H3,(H2,11,12,13). The lowest BCUT2D eigenvalue weighted by Crippen LogP contribution is -1.87. The SMILES string of the molecule is CC1=CC=C(N=CN=CN)C=CC1. The highest BCUT2D eigenvalue weighted by atomic mass is 14.9. The summed E-state index contributed by atoms with van der Waals surface area (Å²) in [6.07, 6.45) is 11.7. The van der Waals surface area contributed by atoms with Gasteiger partial charge in [-0.05, 0) is 25.5 Å². The van der Waals surface area contributed by atoms with E-state index in [0.29, 0.717) is 0 Å². The molecular formula is C10H13N3. The summed E-state index contributed by atoms with van der Waals surface area (Å²) in [6.45, 7) is 2.09. The fraction of sp³-hybridized carbons (Fsp3) is 0.200. The van der Waals surface area contributed by atoms with E-state index < -0.39 is 0 Å². The Morgan fingerprint density at radius 3 is 3.08 bits per heavy atom. The van der Waals surface area contributed by atoms with Gasteiger partial charge in [0.15, 0.2) is 0 Å². The van der Waals surface area contributed by atoms with E-state index in [1.807, 2.05) is 12.2 Å². The van der Waals surface area contributed by atoms with E-state index in [0.717, 1.165) is 12.1 Å². The normalized spacial score (nSPS) is 17.6. The summed E-state index contributed by atoms with van der Waals surface area (Å²) in [5.41, 5.74) is 7.28. The predicted octanol–water partition coefficient (Wildman–Crippen LogP) is 1.79. The number of aliphatic imine (C=N–C) groups is 2. The lowest BCUT2D eigenvalue weighted by molar-refractivity contribution is 1.22. The second-order valence-electron chi connectivity index (χ2n) is 2.75. The quantitative estimate of drug-likeness (QED) is 0.505. The molecule has 1 aliphatic rings. The second kappa shape index (κ2) is 5.09. The Kier molecular flexibility index (Phi) is 3.70. The Labute approximate surface area is 78.1 Å². The van der Waals surface area contributed by atoms with E-state index in [9.17, 15) is 0 Å². The van der Waals surface area contributed by atoms with Crippen LogP contribution >= 0.6 is 0 Å². The van der Waals surface area contributed by atoms with Crippen molar-refractivity contribution in [2.24, 2.45) is 15.7 Å². The average Bonchev–Trinajstić information content (AvgIpc) is 2.32. The van der Waals surface area contributed by atoms with Crippen LogP contribution < -0.4 is 5.73 Å². The molecule has 0 aromatic heterocycles. The predicted molar refractivity (Wildman–Crippen MR) is 56.8 cm³/mol. The molecule has 0 bridgehead atoms. The third-order valence-electron chi connectivity index (χ3n) is 1.63. The van der Waals surface area contributed by atoms with E-state index in [4.69, 9.17) is 5.73 Å². The maximum atomic E-state index is 5.06. The molecule has 0 aromatic carbocycles. The van der Waals surface area contributed by atoms with E-state index in [2.05, 4.69) is 29.1 Å². The molecule has 0 spiro atoms. The molecule has 3 nitrogen and oxygen atoms in total. The first-order valence-electron chi connectivity index (χ1n) is 4.13. The molecule has 2 N–H and O–H groups in total. The first-order chi connectivity index (χ1) is 6.33. The molecule has 0 saturated heterocycles. The fourth-order valence-electron chi connectivity index (χ4n) is 0.941. The van der Waals surface area contributed by atoms with Gasteiger partial charge in [0.25, 0.3) is 0 Å². The van der Waals surface area contributed by atoms with Gasteiger partial charge in [-0.25, -0.2) is 9.98 Å². The van der Waals surface area contributed by atoms with Crippen LogP contribution in [0.1, 0.15) is 13.3 Å². The van der Waals surface area contributed by atoms with Crippen molar-refractivity contribution in [3.8, 4) is 0 Å². The van der Waals surface area contributed by atoms with Crippen LogP contribution in [0.15, 0.2) is 45.6 Å². The fourth-order valence-corrected chi connectivity index (χ4v) is 0.941. The summed E-state index contributed by atoms with van der Waals surface area (Å²) in [5, 5.41) is 0. The van der Waals surface area contributed by atoms with E-state index in [1.54, 1.807) is 0 Å². The van der Waals surface area contributed by atoms with Gasteiger partial charge in [0.05, 0.1) is 12.0 Å². The number of nitrogens with zero attached hydrogens (tertiary/aromatic N) is 2. The number of hydrogen-bond acceptors (Lipinski definition) is 1. The monoisotopic (exact) mass is 175 g/mol. The highest BCUT2D eigenvalue weighted by Crippen LogP contribution is 2.10. The van der Waals surface area contributed by atoms with Crippen molar-refractivity contribution in [1.29, 1.82) is 0 Å². The van der Waals surface area contributed by atoms with Crippen LogP contribution in [0.5, 0.6) is 0 Å². The van der Waals surface area contributed by atoms with Gasteiger partial charge in [-0.15, -0.1) is 0 Å². The van der Waals surface area contributed by atoms with Crippen LogP contribution in [0, 0.1) is 0 Å². The molecule has 1 rings (SSSR count). The van der Waals surface area contributed by atoms with Crippen molar-refractivity contribution < 1.29 is 0 Å². The number of rotatable bonds is 2. The Morgan fingerprint density at radius 1 is 1.46 bits per heavy atom. The van der Waals surface area contributed by atoms with Crippen LogP contribution in [0.4, 0.5) is 0 Å². The van der Waals surface area contributed by atoms with Gasteiger partial charge in [-0.1, -0.05) is 17.7 Å². The summed E-state index contributed by atoms with van der Waals surface area (Å²) in [7, 11) is 0. The third kappa shape index (κ3) is 3.51. The van der Waals surface area contributed by atoms with Gasteiger partial charge in [0.2, 0.25) is 0 Å². The van der Waals surface area contributed by atoms with Crippen molar-refractivity contribution in [2.75, 3.05) is 0 Å². The lowest BCUT2D eigenvalue weighted by atomic mass is 10.2. The first kappa shape index (κ1) is 9.45. The van der Waals surface area contributed by atoms with Crippen molar-refractivity contribution in [3.05, 3.63) is 35.6 Å². The van der Waals surface area contributed by atoms with Crippen LogP contribution in [0.3, 0.4) is 0 Å². The molecule has 13 heavy (non-hydrogen) atoms. The van der Waals surface area contributed by atoms with Gasteiger partial charge in [0, 0.05) is 0 Å². The highest BCUT2D eigenvalue weighted by molar-refractivity contribution is 5.70. The van der Waals surface area contributed by atoms with Crippen molar-refractivity contribution in [1.82, 2.24) is 0 Å². The van der Waals surface area contributed by atoms with Crippen molar-refractivity contribution in [2.45, 2.75) is 13.3 Å². The third-order valence-corrected chi connectivity index (χ3v) is 1.63. The van der Waals surface area contributed by atoms with Gasteiger partial charge >= 0.3 is 0 Å². The minimum atomic E-state index is 0.891. The van der Waals surface area contributed by atoms with Crippen LogP contribution in [-0.2, 0) is 0 Å². The molecule has 0 atom stereocenters. The zero-order valence-electron chi connectivity index (χ0n) is 7.64. The molecule has 0 aliphatic heterocycles. The molecule has 0 radical (unpaired) electrons. The van der Waals surface area contributed by atoms with E-state index in [1.165, 1.54) is 18.3 Å². The molecule has 68 valence electrons. The molecule has 0 amide bonds. The van der Waals surface area contributed by atoms with Gasteiger partial charge in [0.1, 0.15) is 6.34 Å². The minimum Gasteiger partial charge on any atom is -0.390 e. The van der Waals surface area contributed by atoms with E-state index >= 15 is 0 Å². The molecule has 1 aliphatic carbocycles. The number of nitrogens with two attached hydrogens (primary N) is 1. The van der Waals surface area contributed by atoms with Crippen molar-refractivity contribution >= 4 is 12.7 Å². The molecule has 3 heteroatoms. The van der Waals surface area contributed by atoms with Crippen LogP contribution in [0.2, 0.25) is 0 Å². The zero-order chi connectivity index (χ0) is 9.52. The maximum absolute atomic E-state index is 5.06. The minimum absolute atomic E-state index is 0.891.